The summed E-state index contributed by atoms with van der Waals surface area (Å²) in [4.78, 5) is 200. The van der Waals surface area contributed by atoms with Crippen LogP contribution < -0.4 is 31.8 Å². The number of rotatable bonds is 52. The molecule has 2 aromatic rings. The SMILES string of the molecule is CC(C)(C)[Si](F)(c1ccc(C(=O)NC[C@H](C(=O)N[C@H](CCCCNC(=O)CCC(=O)CCCC[C@@H](NC(=O)CC[C@H](CC(=O)C[C@@H](CCC(=O)O)C(=O)O)C(=O)O)C(=O)O)C(=O)O)n2cc(CNC(=O)CCP(=O)(O)CN3CCN(CPCCC(=O)O)CCN(CP(=O)(O)CCC(=O)O)CC3)nn2)cc1)C(C)(C)C. The summed E-state index contributed by atoms with van der Waals surface area (Å²) in [6, 6.07) is 1.62. The Kier molecular flexibility index (Phi) is 40.4. The van der Waals surface area contributed by atoms with Crippen molar-refractivity contribution in [2.45, 2.75) is 192 Å². The number of amides is 5. The zero-order chi connectivity index (χ0) is 82.0. The molecule has 36 nitrogen and oxygen atoms in total. The third-order valence-electron chi connectivity index (χ3n) is 18.4. The number of carbonyl (C=O) groups is 14. The highest BCUT2D eigenvalue weighted by atomic mass is 31.2. The van der Waals surface area contributed by atoms with Gasteiger partial charge in [0.15, 0.2) is 0 Å². The number of benzene rings is 1. The molecule has 0 spiro atoms. The van der Waals surface area contributed by atoms with E-state index in [0.717, 1.165) is 4.68 Å². The molecule has 14 N–H and O–H groups in total. The molecule has 5 amide bonds. The van der Waals surface area contributed by atoms with Gasteiger partial charge in [0.1, 0.15) is 35.4 Å². The van der Waals surface area contributed by atoms with E-state index in [1.54, 1.807) is 21.9 Å². The number of hydrogen-bond donors (Lipinski definition) is 14. The fraction of sp³-hybridized carbons (Fsp3) is 0.676. The number of carboxylic acid groups (broad SMARTS) is 7. The van der Waals surface area contributed by atoms with Gasteiger partial charge in [-0.3, -0.25) is 81.4 Å². The maximum atomic E-state index is 17.2. The standard InChI is InChI=1S/C68H109FN11O25P3Si/c1-67(2,3)109(69,68(4,5)6)51-19-14-45(15-20-51)61(92)72-40-54(80-41-48(75-76-80)39-71-56(84)25-35-107(102,103)43-78-30-28-77(42-106-34-24-59(88)89)29-31-79(33-32-78)44-108(104,105)36-26-60(90)91)62(93)74-53(66(100)101)13-9-10-27-70-55(83)22-18-49(81)11-7-8-12-52(65(98)99)73-57(85)21-16-46(63(94)95)37-50(82)38-47(64(96)97)17-23-58(86)87/h14-15,19-20,41,46-47,52-54,106H,7-13,16-18,21-40,42-44H2,1-6H3,(H,70,83)(H,71,84)(H,72,92)(H,73,85)(H,74,93)(H,86,87)(H,88,89)(H,90,91)(H,94,95)(H,96,97)(H,98,99)(H,100,101)(H,102,103)(H,104,105)/t46-,47-,52-,53-,54-/m1/s1. The molecule has 1 aliphatic heterocycles. The van der Waals surface area contributed by atoms with E-state index in [2.05, 4.69) is 36.9 Å². The maximum absolute atomic E-state index is 17.2. The van der Waals surface area contributed by atoms with Crippen molar-refractivity contribution in [3.05, 3.63) is 41.7 Å². The first-order valence-corrected chi connectivity index (χ1v) is 43.4. The molecule has 1 aliphatic rings. The molecule has 41 heteroatoms. The molecule has 1 aromatic carbocycles. The summed E-state index contributed by atoms with van der Waals surface area (Å²) in [7, 11) is -11.5. The second-order valence-corrected chi connectivity index (χ2v) is 40.4. The highest BCUT2D eigenvalue weighted by molar-refractivity contribution is 7.58. The average Bonchev–Trinajstić information content (AvgIpc) is 0.940. The predicted octanol–water partition coefficient (Wildman–Crippen LogP) is 3.67. The van der Waals surface area contributed by atoms with Crippen molar-refractivity contribution in [1.82, 2.24) is 56.3 Å². The predicted molar refractivity (Wildman–Crippen MR) is 398 cm³/mol. The number of Topliss-reactive ketones (excluding diaryl/α,β-unsaturated/α-hetero) is 2. The van der Waals surface area contributed by atoms with Crippen molar-refractivity contribution in [3.8, 4) is 0 Å². The van der Waals surface area contributed by atoms with Gasteiger partial charge in [0.25, 0.3) is 14.3 Å². The Bertz CT molecular complexity index is 3550. The number of aromatic nitrogens is 3. The first kappa shape index (κ1) is 95.4. The summed E-state index contributed by atoms with van der Waals surface area (Å²) >= 11 is 0. The fourth-order valence-electron chi connectivity index (χ4n) is 12.4. The van der Waals surface area contributed by atoms with Gasteiger partial charge in [0.2, 0.25) is 38.4 Å². The van der Waals surface area contributed by atoms with Crippen LogP contribution in [-0.2, 0) is 78.0 Å². The molecule has 612 valence electrons. The van der Waals surface area contributed by atoms with E-state index in [1.165, 1.54) is 18.3 Å². The molecular weight excluding hydrogens is 1510 g/mol. The molecule has 0 bridgehead atoms. The van der Waals surface area contributed by atoms with E-state index in [9.17, 15) is 106 Å². The van der Waals surface area contributed by atoms with Crippen molar-refractivity contribution in [2.24, 2.45) is 11.8 Å². The highest BCUT2D eigenvalue weighted by Crippen LogP contribution is 2.51. The van der Waals surface area contributed by atoms with Crippen LogP contribution in [0.15, 0.2) is 30.5 Å². The van der Waals surface area contributed by atoms with Crippen molar-refractivity contribution in [3.63, 3.8) is 0 Å². The van der Waals surface area contributed by atoms with Crippen LogP contribution in [0.5, 0.6) is 0 Å². The molecule has 0 aliphatic carbocycles. The molecule has 3 unspecified atom stereocenters. The maximum Gasteiger partial charge on any atom is 0.326 e. The first-order valence-electron chi connectivity index (χ1n) is 36.0. The number of carboxylic acids is 7. The molecular formula is C68H109FN11O25P3Si. The van der Waals surface area contributed by atoms with Crippen LogP contribution in [0.25, 0.3) is 0 Å². The number of nitrogens with zero attached hydrogens (tertiary/aromatic N) is 6. The lowest BCUT2D eigenvalue weighted by molar-refractivity contribution is -0.146. The summed E-state index contributed by atoms with van der Waals surface area (Å²) in [5.41, 5.74) is 0.181. The Hall–Kier alpha value is -7.82. The van der Waals surface area contributed by atoms with E-state index in [4.69, 9.17) is 15.3 Å². The van der Waals surface area contributed by atoms with Gasteiger partial charge >= 0.3 is 41.8 Å². The number of aliphatic carboxylic acids is 7. The lowest BCUT2D eigenvalue weighted by Gasteiger charge is -2.44. The normalized spacial score (nSPS) is 16.1. The van der Waals surface area contributed by atoms with Gasteiger partial charge in [-0.05, 0) is 78.5 Å². The van der Waals surface area contributed by atoms with Crippen molar-refractivity contribution >= 4 is 120 Å². The van der Waals surface area contributed by atoms with E-state index >= 15 is 4.11 Å². The monoisotopic (exact) mass is 1620 g/mol. The lowest BCUT2D eigenvalue weighted by atomic mass is 9.90. The Morgan fingerprint density at radius 1 is 0.541 bits per heavy atom. The Labute approximate surface area is 634 Å². The second-order valence-electron chi connectivity index (χ2n) is 29.4. The van der Waals surface area contributed by atoms with Gasteiger partial charge in [-0.2, -0.15) is 0 Å². The summed E-state index contributed by atoms with van der Waals surface area (Å²) < 4.78 is 45.0. The van der Waals surface area contributed by atoms with Gasteiger partial charge in [-0.1, -0.05) is 65.3 Å². The minimum Gasteiger partial charge on any atom is -0.481 e. The molecule has 1 fully saturated rings. The summed E-state index contributed by atoms with van der Waals surface area (Å²) in [5.74, 6) is -16.7. The molecule has 2 heterocycles. The second kappa shape index (κ2) is 46.1. The third kappa shape index (κ3) is 36.3. The van der Waals surface area contributed by atoms with Crippen LogP contribution in [-0.4, -0.2) is 268 Å². The minimum atomic E-state index is -4.08. The zero-order valence-electron chi connectivity index (χ0n) is 62.6. The number of halogens is 1. The van der Waals surface area contributed by atoms with Gasteiger partial charge in [0.05, 0.1) is 43.6 Å². The Balaban J connectivity index is 1.62. The van der Waals surface area contributed by atoms with Crippen molar-refractivity contribution in [2.75, 3.05) is 89.7 Å². The molecule has 3 rings (SSSR count). The number of unbranched alkanes of at least 4 members (excludes halogenated alkanes) is 2. The number of hydrogen-bond acceptors (Lipinski definition) is 21. The molecule has 1 saturated heterocycles. The van der Waals surface area contributed by atoms with Crippen LogP contribution >= 0.6 is 23.3 Å². The lowest BCUT2D eigenvalue weighted by Crippen LogP contribution is -2.57. The highest BCUT2D eigenvalue weighted by Gasteiger charge is 2.56. The van der Waals surface area contributed by atoms with Crippen LogP contribution in [0, 0.1) is 11.8 Å². The summed E-state index contributed by atoms with van der Waals surface area (Å²) in [6.07, 6.45) is -3.46. The number of ketones is 2. The van der Waals surface area contributed by atoms with Gasteiger partial charge in [-0.15, -0.1) is 13.7 Å². The van der Waals surface area contributed by atoms with E-state index in [0.29, 0.717) is 43.8 Å². The van der Waals surface area contributed by atoms with Crippen LogP contribution in [0.4, 0.5) is 4.11 Å². The van der Waals surface area contributed by atoms with Gasteiger partial charge in [-0.25, -0.2) is 14.3 Å². The average molecular weight is 1620 g/mol. The molecule has 109 heavy (non-hydrogen) atoms. The molecule has 1 aromatic heterocycles. The van der Waals surface area contributed by atoms with Crippen molar-refractivity contribution in [1.29, 1.82) is 0 Å². The fourth-order valence-corrected chi connectivity index (χ4v) is 21.4. The van der Waals surface area contributed by atoms with E-state index < -0.39 is 204 Å². The number of nitrogens with one attached hydrogen (secondary N) is 5. The molecule has 0 saturated carbocycles. The quantitative estimate of drug-likeness (QED) is 0.0194. The smallest absolute Gasteiger partial charge is 0.326 e. The van der Waals surface area contributed by atoms with E-state index in [-0.39, 0.29) is 135 Å². The molecule has 8 atom stereocenters. The van der Waals surface area contributed by atoms with Crippen LogP contribution in [0.3, 0.4) is 0 Å². The Morgan fingerprint density at radius 3 is 1.55 bits per heavy atom. The van der Waals surface area contributed by atoms with Crippen LogP contribution in [0.2, 0.25) is 10.1 Å². The summed E-state index contributed by atoms with van der Waals surface area (Å²) in [6.45, 7) is 12.0. The molecule has 0 radical (unpaired) electrons. The third-order valence-corrected chi connectivity index (χ3v) is 28.4. The van der Waals surface area contributed by atoms with E-state index in [1.807, 2.05) is 46.4 Å². The first-order chi connectivity index (χ1) is 50.8. The van der Waals surface area contributed by atoms with Crippen molar-refractivity contribution < 1.29 is 126 Å². The number of carbonyl (C=O) groups excluding carboxylic acids is 7. The van der Waals surface area contributed by atoms with Gasteiger partial charge in [0, 0.05) is 134 Å². The Morgan fingerprint density at radius 2 is 1.04 bits per heavy atom. The summed E-state index contributed by atoms with van der Waals surface area (Å²) in [5, 5.41) is 85.8. The van der Waals surface area contributed by atoms with Crippen LogP contribution in [0.1, 0.15) is 179 Å². The minimum absolute atomic E-state index is 0.0286. The zero-order valence-corrected chi connectivity index (χ0v) is 66.4. The topological polar surface area (TPSA) is 556 Å². The van der Waals surface area contributed by atoms with Gasteiger partial charge < -0.3 is 76.2 Å². The largest absolute Gasteiger partial charge is 0.481 e.